The summed E-state index contributed by atoms with van der Waals surface area (Å²) in [7, 11) is 1.79. The molecule has 2 heterocycles. The van der Waals surface area contributed by atoms with E-state index >= 15 is 0 Å². The number of aromatic nitrogens is 2. The highest BCUT2D eigenvalue weighted by atomic mass is 35.5. The maximum atomic E-state index is 5.92. The lowest BCUT2D eigenvalue weighted by Gasteiger charge is -2.38. The smallest absolute Gasteiger partial charge is 0.0599 e. The van der Waals surface area contributed by atoms with Crippen molar-refractivity contribution >= 4 is 12.4 Å². The Bertz CT molecular complexity index is 396. The summed E-state index contributed by atoms with van der Waals surface area (Å²) in [5, 5.41) is 4.40. The molecule has 1 fully saturated rings. The first-order valence-corrected chi connectivity index (χ1v) is 7.15. The van der Waals surface area contributed by atoms with Crippen LogP contribution in [0.25, 0.3) is 0 Å². The van der Waals surface area contributed by atoms with E-state index in [0.717, 1.165) is 25.9 Å². The summed E-state index contributed by atoms with van der Waals surface area (Å²) in [5.74, 6) is 0. The maximum absolute atomic E-state index is 5.92. The Labute approximate surface area is 127 Å². The predicted molar refractivity (Wildman–Crippen MR) is 83.1 cm³/mol. The van der Waals surface area contributed by atoms with Crippen LogP contribution < -0.4 is 5.73 Å². The zero-order valence-electron chi connectivity index (χ0n) is 12.7. The molecule has 1 saturated heterocycles. The van der Waals surface area contributed by atoms with Crippen LogP contribution in [0, 0.1) is 0 Å². The number of hydrogen-bond acceptors (Lipinski definition) is 4. The molecule has 0 amide bonds. The molecule has 0 radical (unpaired) electrons. The van der Waals surface area contributed by atoms with E-state index in [9.17, 15) is 0 Å². The molecular weight excluding hydrogens is 276 g/mol. The van der Waals surface area contributed by atoms with Crippen molar-refractivity contribution in [3.8, 4) is 0 Å². The molecular formula is C14H27ClN4O. The second-order valence-corrected chi connectivity index (χ2v) is 5.60. The molecule has 2 rings (SSSR count). The zero-order valence-corrected chi connectivity index (χ0v) is 13.5. The molecule has 0 saturated carbocycles. The third-order valence-electron chi connectivity index (χ3n) is 4.00. The van der Waals surface area contributed by atoms with Crippen molar-refractivity contribution in [3.05, 3.63) is 18.0 Å². The largest absolute Gasteiger partial charge is 0.381 e. The van der Waals surface area contributed by atoms with Gasteiger partial charge in [-0.25, -0.2) is 0 Å². The molecule has 6 heteroatoms. The van der Waals surface area contributed by atoms with Crippen molar-refractivity contribution in [3.63, 3.8) is 0 Å². The first-order chi connectivity index (χ1) is 9.15. The van der Waals surface area contributed by atoms with E-state index in [1.54, 1.807) is 7.11 Å². The summed E-state index contributed by atoms with van der Waals surface area (Å²) >= 11 is 0. The molecule has 0 bridgehead atoms. The third-order valence-corrected chi connectivity index (χ3v) is 4.00. The van der Waals surface area contributed by atoms with E-state index in [4.69, 9.17) is 10.5 Å². The van der Waals surface area contributed by atoms with Crippen molar-refractivity contribution in [2.75, 3.05) is 20.2 Å². The van der Waals surface area contributed by atoms with Crippen LogP contribution in [0.1, 0.15) is 38.4 Å². The molecule has 2 N–H and O–H groups in total. The lowest BCUT2D eigenvalue weighted by Crippen LogP contribution is -2.48. The second kappa shape index (κ2) is 7.98. The number of hydrogen-bond donors (Lipinski definition) is 1. The first-order valence-electron chi connectivity index (χ1n) is 7.15. The Morgan fingerprint density at radius 2 is 2.25 bits per heavy atom. The van der Waals surface area contributed by atoms with Gasteiger partial charge in [-0.1, -0.05) is 0 Å². The van der Waals surface area contributed by atoms with Gasteiger partial charge in [0, 0.05) is 45.0 Å². The molecule has 116 valence electrons. The van der Waals surface area contributed by atoms with E-state index in [2.05, 4.69) is 34.6 Å². The van der Waals surface area contributed by atoms with Crippen LogP contribution in [0.4, 0.5) is 0 Å². The van der Waals surface area contributed by atoms with Crippen LogP contribution in [0.3, 0.4) is 0 Å². The predicted octanol–water partition coefficient (Wildman–Crippen LogP) is 1.82. The molecule has 2 atom stereocenters. The monoisotopic (exact) mass is 302 g/mol. The van der Waals surface area contributed by atoms with Crippen LogP contribution in [-0.4, -0.2) is 47.0 Å². The third kappa shape index (κ3) is 3.95. The highest BCUT2D eigenvalue weighted by Gasteiger charge is 2.28. The summed E-state index contributed by atoms with van der Waals surface area (Å²) in [4.78, 5) is 2.46. The van der Waals surface area contributed by atoms with Gasteiger partial charge in [0.05, 0.1) is 11.8 Å². The zero-order chi connectivity index (χ0) is 13.8. The van der Waals surface area contributed by atoms with Crippen LogP contribution in [0.5, 0.6) is 0 Å². The van der Waals surface area contributed by atoms with Gasteiger partial charge in [-0.3, -0.25) is 9.58 Å². The minimum absolute atomic E-state index is 0. The number of nitrogens with two attached hydrogens (primary N) is 1. The SMILES string of the molecule is COC1CCN(Cc2ccnn2C(C)C)C(CN)C1.Cl. The highest BCUT2D eigenvalue weighted by Crippen LogP contribution is 2.22. The molecule has 5 nitrogen and oxygen atoms in total. The van der Waals surface area contributed by atoms with Gasteiger partial charge in [0.15, 0.2) is 0 Å². The quantitative estimate of drug-likeness (QED) is 0.901. The van der Waals surface area contributed by atoms with Crippen molar-refractivity contribution in [2.24, 2.45) is 5.73 Å². The molecule has 0 aliphatic carbocycles. The lowest BCUT2D eigenvalue weighted by molar-refractivity contribution is 0.00920. The van der Waals surface area contributed by atoms with E-state index < -0.39 is 0 Å². The van der Waals surface area contributed by atoms with Crippen LogP contribution in [0.15, 0.2) is 12.3 Å². The summed E-state index contributed by atoms with van der Waals surface area (Å²) < 4.78 is 7.56. The molecule has 20 heavy (non-hydrogen) atoms. The average molecular weight is 303 g/mol. The van der Waals surface area contributed by atoms with Gasteiger partial charge in [-0.15, -0.1) is 12.4 Å². The van der Waals surface area contributed by atoms with Crippen molar-refractivity contribution in [2.45, 2.75) is 51.4 Å². The van der Waals surface area contributed by atoms with Gasteiger partial charge in [-0.2, -0.15) is 5.10 Å². The highest BCUT2D eigenvalue weighted by molar-refractivity contribution is 5.85. The normalized spacial score (nSPS) is 23.9. The van der Waals surface area contributed by atoms with E-state index in [1.165, 1.54) is 5.69 Å². The average Bonchev–Trinajstić information content (AvgIpc) is 2.87. The van der Waals surface area contributed by atoms with Gasteiger partial charge in [0.25, 0.3) is 0 Å². The minimum Gasteiger partial charge on any atom is -0.381 e. The second-order valence-electron chi connectivity index (χ2n) is 5.60. The summed E-state index contributed by atoms with van der Waals surface area (Å²) in [6, 6.07) is 2.92. The molecule has 0 spiro atoms. The van der Waals surface area contributed by atoms with E-state index in [-0.39, 0.29) is 12.4 Å². The fourth-order valence-electron chi connectivity index (χ4n) is 2.87. The Balaban J connectivity index is 0.00000200. The Morgan fingerprint density at radius 3 is 2.85 bits per heavy atom. The molecule has 2 unspecified atom stereocenters. The summed E-state index contributed by atoms with van der Waals surface area (Å²) in [6.45, 7) is 6.98. The van der Waals surface area contributed by atoms with Crippen molar-refractivity contribution in [1.29, 1.82) is 0 Å². The molecule has 1 aromatic rings. The van der Waals surface area contributed by atoms with E-state index in [1.807, 2.05) is 6.20 Å². The number of nitrogens with zero attached hydrogens (tertiary/aromatic N) is 3. The maximum Gasteiger partial charge on any atom is 0.0599 e. The molecule has 1 aliphatic rings. The van der Waals surface area contributed by atoms with Gasteiger partial charge in [0.2, 0.25) is 0 Å². The van der Waals surface area contributed by atoms with Crippen LogP contribution >= 0.6 is 12.4 Å². The Hall–Kier alpha value is -0.620. The first kappa shape index (κ1) is 17.4. The summed E-state index contributed by atoms with van der Waals surface area (Å²) in [6.07, 6.45) is 4.36. The van der Waals surface area contributed by atoms with Gasteiger partial charge >= 0.3 is 0 Å². The van der Waals surface area contributed by atoms with Gasteiger partial charge in [0.1, 0.15) is 0 Å². The Morgan fingerprint density at radius 1 is 1.50 bits per heavy atom. The van der Waals surface area contributed by atoms with E-state index in [0.29, 0.717) is 24.7 Å². The topological polar surface area (TPSA) is 56.3 Å². The molecule has 1 aromatic heterocycles. The fourth-order valence-corrected chi connectivity index (χ4v) is 2.87. The number of piperidine rings is 1. The number of halogens is 1. The van der Waals surface area contributed by atoms with Crippen LogP contribution in [-0.2, 0) is 11.3 Å². The van der Waals surface area contributed by atoms with Gasteiger partial charge < -0.3 is 10.5 Å². The Kier molecular flexibility index (Phi) is 6.95. The fraction of sp³-hybridized carbons (Fsp3) is 0.786. The van der Waals surface area contributed by atoms with Crippen molar-refractivity contribution < 1.29 is 4.74 Å². The number of ether oxygens (including phenoxy) is 1. The number of methoxy groups -OCH3 is 1. The molecule has 0 aromatic carbocycles. The molecule has 1 aliphatic heterocycles. The number of likely N-dealkylation sites (tertiary alicyclic amines) is 1. The standard InChI is InChI=1S/C14H26N4O.ClH/c1-11(2)18-12(4-6-16-18)10-17-7-5-14(19-3)8-13(17)9-15;/h4,6,11,13-14H,5,7-10,15H2,1-3H3;1H. The summed E-state index contributed by atoms with van der Waals surface area (Å²) in [5.41, 5.74) is 7.19. The van der Waals surface area contributed by atoms with Crippen LogP contribution in [0.2, 0.25) is 0 Å². The lowest BCUT2D eigenvalue weighted by atomic mass is 9.99. The van der Waals surface area contributed by atoms with Crippen molar-refractivity contribution in [1.82, 2.24) is 14.7 Å². The minimum atomic E-state index is 0. The van der Waals surface area contributed by atoms with Gasteiger partial charge in [-0.05, 0) is 32.8 Å². The number of rotatable bonds is 5.